The topological polar surface area (TPSA) is 52.6 Å². The number of urea groups is 1. The van der Waals surface area contributed by atoms with Crippen LogP contribution in [0.4, 0.5) is 10.5 Å². The van der Waals surface area contributed by atoms with Crippen LogP contribution < -0.4 is 10.2 Å². The summed E-state index contributed by atoms with van der Waals surface area (Å²) < 4.78 is 0. The lowest BCUT2D eigenvalue weighted by Gasteiger charge is -2.22. The number of carbonyl (C=O) groups is 1. The first-order chi connectivity index (χ1) is 10.5. The molecule has 1 aromatic rings. The van der Waals surface area contributed by atoms with E-state index < -0.39 is 0 Å². The summed E-state index contributed by atoms with van der Waals surface area (Å²) in [7, 11) is 0. The molecule has 1 spiro atoms. The molecule has 0 unspecified atom stereocenters. The zero-order valence-corrected chi connectivity index (χ0v) is 13.6. The summed E-state index contributed by atoms with van der Waals surface area (Å²) >= 11 is 0. The van der Waals surface area contributed by atoms with E-state index in [1.807, 2.05) is 24.8 Å². The number of carbonyl (C=O) groups excluding carboxylic acids is 1. The van der Waals surface area contributed by atoms with Crippen molar-refractivity contribution in [3.05, 3.63) is 29.8 Å². The Hall–Kier alpha value is -1.55. The van der Waals surface area contributed by atoms with Crippen molar-refractivity contribution in [2.75, 3.05) is 24.6 Å². The highest BCUT2D eigenvalue weighted by Crippen LogP contribution is 2.56. The normalized spacial score (nSPS) is 18.4. The number of nitrogens with zero attached hydrogens (tertiary/aromatic N) is 1. The van der Waals surface area contributed by atoms with Gasteiger partial charge in [-0.05, 0) is 42.7 Å². The first-order valence-corrected chi connectivity index (χ1v) is 8.23. The molecule has 1 aliphatic carbocycles. The lowest BCUT2D eigenvalue weighted by atomic mass is 9.89. The molecule has 1 saturated carbocycles. The Morgan fingerprint density at radius 1 is 1.36 bits per heavy atom. The van der Waals surface area contributed by atoms with Crippen molar-refractivity contribution in [2.24, 2.45) is 5.41 Å². The van der Waals surface area contributed by atoms with Crippen LogP contribution in [0.5, 0.6) is 0 Å². The van der Waals surface area contributed by atoms with E-state index in [0.29, 0.717) is 6.54 Å². The van der Waals surface area contributed by atoms with Crippen molar-refractivity contribution in [2.45, 2.75) is 44.9 Å². The zero-order chi connectivity index (χ0) is 15.8. The quantitative estimate of drug-likeness (QED) is 0.821. The maximum Gasteiger partial charge on any atom is 0.321 e. The van der Waals surface area contributed by atoms with Gasteiger partial charge >= 0.3 is 6.03 Å². The monoisotopic (exact) mass is 302 g/mol. The first-order valence-electron chi connectivity index (χ1n) is 8.23. The van der Waals surface area contributed by atoms with Gasteiger partial charge in [0.2, 0.25) is 0 Å². The summed E-state index contributed by atoms with van der Waals surface area (Å²) in [6, 6.07) is 8.30. The fourth-order valence-electron chi connectivity index (χ4n) is 3.33. The molecule has 0 bridgehead atoms. The molecule has 2 N–H and O–H groups in total. The van der Waals surface area contributed by atoms with Crippen LogP contribution in [0.1, 0.15) is 45.1 Å². The number of anilines is 1. The zero-order valence-electron chi connectivity index (χ0n) is 13.6. The van der Waals surface area contributed by atoms with Crippen molar-refractivity contribution in [3.8, 4) is 0 Å². The van der Waals surface area contributed by atoms with Crippen molar-refractivity contribution in [1.82, 2.24) is 5.32 Å². The van der Waals surface area contributed by atoms with Crippen LogP contribution >= 0.6 is 0 Å². The molecule has 2 amide bonds. The van der Waals surface area contributed by atoms with E-state index in [1.165, 1.54) is 18.4 Å². The average Bonchev–Trinajstić information content (AvgIpc) is 3.22. The lowest BCUT2D eigenvalue weighted by molar-refractivity contribution is 0.148. The van der Waals surface area contributed by atoms with Crippen LogP contribution in [0.15, 0.2) is 24.3 Å². The molecule has 1 heterocycles. The summed E-state index contributed by atoms with van der Waals surface area (Å²) in [5, 5.41) is 12.3. The summed E-state index contributed by atoms with van der Waals surface area (Å²) in [5.41, 5.74) is 2.59. The van der Waals surface area contributed by atoms with Crippen LogP contribution in [-0.4, -0.2) is 30.8 Å². The van der Waals surface area contributed by atoms with E-state index >= 15 is 0 Å². The van der Waals surface area contributed by atoms with Gasteiger partial charge in [0.05, 0.1) is 0 Å². The molecule has 1 aromatic carbocycles. The summed E-state index contributed by atoms with van der Waals surface area (Å²) in [4.78, 5) is 14.4. The highest BCUT2D eigenvalue weighted by molar-refractivity contribution is 5.95. The molecule has 2 aliphatic rings. The highest BCUT2D eigenvalue weighted by Gasteiger charge is 2.52. The van der Waals surface area contributed by atoms with Crippen LogP contribution in [-0.2, 0) is 5.41 Å². The van der Waals surface area contributed by atoms with Crippen molar-refractivity contribution < 1.29 is 9.90 Å². The number of aliphatic hydroxyl groups excluding tert-OH is 1. The predicted molar refractivity (Wildman–Crippen MR) is 88.2 cm³/mol. The number of rotatable bonds is 5. The van der Waals surface area contributed by atoms with E-state index in [2.05, 4.69) is 23.5 Å². The average molecular weight is 302 g/mol. The summed E-state index contributed by atoms with van der Waals surface area (Å²) in [5.74, 6) is 0. The number of benzene rings is 1. The predicted octanol–water partition coefficient (Wildman–Crippen LogP) is 3.05. The number of fused-ring (bicyclic) bond motifs is 2. The second-order valence-electron chi connectivity index (χ2n) is 7.54. The molecule has 0 aromatic heterocycles. The van der Waals surface area contributed by atoms with Gasteiger partial charge in [0, 0.05) is 30.8 Å². The van der Waals surface area contributed by atoms with Gasteiger partial charge in [-0.3, -0.25) is 4.90 Å². The molecule has 0 saturated heterocycles. The second-order valence-corrected chi connectivity index (χ2v) is 7.54. The van der Waals surface area contributed by atoms with Crippen molar-refractivity contribution >= 4 is 11.7 Å². The Morgan fingerprint density at radius 2 is 2.09 bits per heavy atom. The minimum absolute atomic E-state index is 0.0121. The van der Waals surface area contributed by atoms with E-state index in [-0.39, 0.29) is 23.5 Å². The molecule has 0 atom stereocenters. The van der Waals surface area contributed by atoms with Gasteiger partial charge < -0.3 is 10.4 Å². The molecule has 4 heteroatoms. The Kier molecular flexibility index (Phi) is 3.89. The van der Waals surface area contributed by atoms with Gasteiger partial charge in [-0.25, -0.2) is 4.79 Å². The molecular weight excluding hydrogens is 276 g/mol. The van der Waals surface area contributed by atoms with Crippen LogP contribution in [0.25, 0.3) is 0 Å². The summed E-state index contributed by atoms with van der Waals surface area (Å²) in [6.45, 7) is 5.75. The summed E-state index contributed by atoms with van der Waals surface area (Å²) in [6.07, 6.45) is 4.18. The molecule has 0 radical (unpaired) electrons. The third-order valence-electron chi connectivity index (χ3n) is 5.06. The molecular formula is C18H26N2O2. The SMILES string of the molecule is CC(C)(CO)CCCNC(=O)N1CC2(CC2)c2ccccc21. The third-order valence-corrected chi connectivity index (χ3v) is 5.06. The van der Waals surface area contributed by atoms with Crippen LogP contribution in [0.3, 0.4) is 0 Å². The molecule has 120 valence electrons. The van der Waals surface area contributed by atoms with Gasteiger partial charge in [-0.15, -0.1) is 0 Å². The lowest BCUT2D eigenvalue weighted by Crippen LogP contribution is -2.40. The Balaban J connectivity index is 1.56. The van der Waals surface area contributed by atoms with E-state index in [0.717, 1.165) is 25.1 Å². The molecule has 3 rings (SSSR count). The van der Waals surface area contributed by atoms with E-state index in [9.17, 15) is 9.90 Å². The Labute approximate surface area is 132 Å². The Bertz CT molecular complexity index is 564. The van der Waals surface area contributed by atoms with Gasteiger partial charge in [0.1, 0.15) is 0 Å². The number of amides is 2. The van der Waals surface area contributed by atoms with Gasteiger partial charge in [0.15, 0.2) is 0 Å². The fourth-order valence-corrected chi connectivity index (χ4v) is 3.33. The highest BCUT2D eigenvalue weighted by atomic mass is 16.3. The molecule has 4 nitrogen and oxygen atoms in total. The smallest absolute Gasteiger partial charge is 0.321 e. The number of nitrogens with one attached hydrogen (secondary N) is 1. The fraction of sp³-hybridized carbons (Fsp3) is 0.611. The maximum atomic E-state index is 12.5. The number of para-hydroxylation sites is 1. The van der Waals surface area contributed by atoms with Crippen molar-refractivity contribution in [1.29, 1.82) is 0 Å². The maximum absolute atomic E-state index is 12.5. The van der Waals surface area contributed by atoms with E-state index in [1.54, 1.807) is 0 Å². The standard InChI is InChI=1S/C18H26N2O2/c1-17(2,13-21)8-5-11-19-16(22)20-12-18(9-10-18)14-6-3-4-7-15(14)20/h3-4,6-7,21H,5,8-13H2,1-2H3,(H,19,22). The minimum atomic E-state index is -0.0664. The minimum Gasteiger partial charge on any atom is -0.396 e. The largest absolute Gasteiger partial charge is 0.396 e. The number of hydrogen-bond donors (Lipinski definition) is 2. The second kappa shape index (κ2) is 5.58. The third kappa shape index (κ3) is 2.84. The Morgan fingerprint density at radius 3 is 2.77 bits per heavy atom. The van der Waals surface area contributed by atoms with Crippen molar-refractivity contribution in [3.63, 3.8) is 0 Å². The van der Waals surface area contributed by atoms with Crippen LogP contribution in [0.2, 0.25) is 0 Å². The van der Waals surface area contributed by atoms with Gasteiger partial charge in [0.25, 0.3) is 0 Å². The van der Waals surface area contributed by atoms with E-state index in [4.69, 9.17) is 0 Å². The van der Waals surface area contributed by atoms with Crippen LogP contribution in [0, 0.1) is 5.41 Å². The molecule has 1 fully saturated rings. The van der Waals surface area contributed by atoms with Gasteiger partial charge in [-0.2, -0.15) is 0 Å². The molecule has 22 heavy (non-hydrogen) atoms. The van der Waals surface area contributed by atoms with Gasteiger partial charge in [-0.1, -0.05) is 32.0 Å². The number of aliphatic hydroxyl groups is 1. The first kappa shape index (κ1) is 15.3. The number of hydrogen-bond acceptors (Lipinski definition) is 2. The molecule has 1 aliphatic heterocycles.